The summed E-state index contributed by atoms with van der Waals surface area (Å²) in [5.74, 6) is -0.309. The molecule has 0 radical (unpaired) electrons. The molecule has 5 rings (SSSR count). The van der Waals surface area contributed by atoms with Crippen LogP contribution < -0.4 is 18.9 Å². The number of benzene rings is 2. The topological polar surface area (TPSA) is 248 Å². The van der Waals surface area contributed by atoms with Crippen LogP contribution in [0.4, 0.5) is 0 Å². The molecule has 1 aliphatic carbocycles. The van der Waals surface area contributed by atoms with Crippen LogP contribution in [0.5, 0.6) is 23.0 Å². The molecule has 56 heavy (non-hydrogen) atoms. The van der Waals surface area contributed by atoms with Crippen LogP contribution in [-0.4, -0.2) is 98.2 Å². The van der Waals surface area contributed by atoms with Crippen molar-refractivity contribution in [2.45, 2.75) is 82.8 Å². The van der Waals surface area contributed by atoms with Crippen molar-refractivity contribution >= 4 is 5.91 Å². The molecule has 1 amide bonds. The van der Waals surface area contributed by atoms with Gasteiger partial charge in [-0.25, -0.2) is 0 Å². The number of amides is 1. The first-order valence-corrected chi connectivity index (χ1v) is 17.6. The zero-order valence-electron chi connectivity index (χ0n) is 31.8. The van der Waals surface area contributed by atoms with Crippen LogP contribution in [0.15, 0.2) is 66.0 Å². The summed E-state index contributed by atoms with van der Waals surface area (Å²) in [6, 6.07) is 8.27. The fraction of sp³-hybridized carbons (Fsp3) is 0.541. The summed E-state index contributed by atoms with van der Waals surface area (Å²) in [7, 11) is 1.36. The van der Waals surface area contributed by atoms with Gasteiger partial charge in [-0.2, -0.15) is 0 Å². The lowest BCUT2D eigenvalue weighted by atomic mass is 9.75. The zero-order valence-corrected chi connectivity index (χ0v) is 31.8. The van der Waals surface area contributed by atoms with Gasteiger partial charge in [0.1, 0.15) is 18.8 Å². The second-order valence-corrected chi connectivity index (χ2v) is 13.3. The molecule has 0 aromatic heterocycles. The van der Waals surface area contributed by atoms with E-state index in [-0.39, 0.29) is 61.0 Å². The maximum Gasteiger partial charge on any atom is 0.277 e. The molecule has 2 aromatic carbocycles. The van der Waals surface area contributed by atoms with E-state index in [0.717, 1.165) is 17.5 Å². The normalized spacial score (nSPS) is 23.3. The number of fused-ring (bicyclic) bond motifs is 2. The maximum absolute atomic E-state index is 11.7. The van der Waals surface area contributed by atoms with Gasteiger partial charge in [0.25, 0.3) is 11.9 Å². The van der Waals surface area contributed by atoms with Gasteiger partial charge in [0.05, 0.1) is 51.0 Å². The van der Waals surface area contributed by atoms with Crippen molar-refractivity contribution in [3.05, 3.63) is 87.7 Å². The molecule has 306 valence electrons. The number of aliphatic hydroxyl groups excluding tert-OH is 3. The molecule has 3 N–H and O–H groups in total. The Morgan fingerprint density at radius 1 is 1.16 bits per heavy atom. The average molecular weight is 789 g/mol. The van der Waals surface area contributed by atoms with E-state index in [0.29, 0.717) is 18.1 Å². The van der Waals surface area contributed by atoms with Crippen LogP contribution in [0.2, 0.25) is 0 Å². The van der Waals surface area contributed by atoms with Gasteiger partial charge in [-0.3, -0.25) is 4.79 Å². The van der Waals surface area contributed by atoms with Gasteiger partial charge in [0.15, 0.2) is 28.8 Å². The summed E-state index contributed by atoms with van der Waals surface area (Å²) >= 11 is 0. The lowest BCUT2D eigenvalue weighted by Gasteiger charge is -2.42. The Morgan fingerprint density at radius 2 is 1.88 bits per heavy atom. The Bertz CT molecular complexity index is 1740. The Hall–Kier alpha value is -4.98. The van der Waals surface area contributed by atoms with Crippen LogP contribution in [0, 0.1) is 10.8 Å². The molecular weight excluding hydrogens is 740 g/mol. The van der Waals surface area contributed by atoms with Gasteiger partial charge >= 0.3 is 0 Å². The van der Waals surface area contributed by atoms with Crippen molar-refractivity contribution in [3.63, 3.8) is 0 Å². The number of nitroso groups, excluding NO2 is 1. The largest absolute Gasteiger partial charge is 0.501 e. The first kappa shape index (κ1) is 43.7. The van der Waals surface area contributed by atoms with Crippen molar-refractivity contribution in [3.8, 4) is 23.0 Å². The third-order valence-corrected chi connectivity index (χ3v) is 8.89. The van der Waals surface area contributed by atoms with E-state index in [2.05, 4.69) is 35.3 Å². The molecule has 3 aliphatic rings. The number of methoxy groups -OCH3 is 1. The van der Waals surface area contributed by atoms with Gasteiger partial charge < -0.3 is 62.7 Å². The Balaban J connectivity index is 0.000000275. The third-order valence-electron chi connectivity index (χ3n) is 8.89. The fourth-order valence-corrected chi connectivity index (χ4v) is 6.23. The molecule has 8 unspecified atom stereocenters. The fourth-order valence-electron chi connectivity index (χ4n) is 6.23. The van der Waals surface area contributed by atoms with Crippen LogP contribution in [0.1, 0.15) is 67.6 Å². The highest BCUT2D eigenvalue weighted by Crippen LogP contribution is 2.49. The van der Waals surface area contributed by atoms with E-state index >= 15 is 0 Å². The Labute approximate surface area is 323 Å². The summed E-state index contributed by atoms with van der Waals surface area (Å²) in [5, 5.41) is 34.0. The first-order chi connectivity index (χ1) is 26.7. The molecule has 19 heteroatoms. The van der Waals surface area contributed by atoms with Crippen LogP contribution in [-0.2, 0) is 28.4 Å². The second-order valence-electron chi connectivity index (χ2n) is 13.3. The molecule has 0 bridgehead atoms. The monoisotopic (exact) mass is 788 g/mol. The number of nitrogens with zero attached hydrogens (tertiary/aromatic N) is 4. The highest BCUT2D eigenvalue weighted by atomic mass is 16.8. The van der Waals surface area contributed by atoms with Crippen molar-refractivity contribution < 1.29 is 67.5 Å². The zero-order chi connectivity index (χ0) is 41.0. The summed E-state index contributed by atoms with van der Waals surface area (Å²) in [6.45, 7) is 14.6. The molecule has 1 fully saturated rings. The number of aliphatic hydroxyl groups is 3. The van der Waals surface area contributed by atoms with Gasteiger partial charge in [-0.1, -0.05) is 19.6 Å². The average Bonchev–Trinajstić information content (AvgIpc) is 3.64. The number of azide groups is 1. The molecule has 0 spiro atoms. The number of hydrogen-bond acceptors (Lipinski definition) is 16. The minimum atomic E-state index is -1.75. The predicted molar refractivity (Wildman–Crippen MR) is 195 cm³/mol. The second kappa shape index (κ2) is 20.3. The summed E-state index contributed by atoms with van der Waals surface area (Å²) in [6.07, 6.45) is -3.57. The number of para-hydroxylation sites is 1. The summed E-state index contributed by atoms with van der Waals surface area (Å²) in [4.78, 5) is 25.5. The highest BCUT2D eigenvalue weighted by molar-refractivity contribution is 5.98. The molecule has 2 aliphatic heterocycles. The summed E-state index contributed by atoms with van der Waals surface area (Å²) < 4.78 is 55.8. The molecule has 1 saturated heterocycles. The SMILES string of the molecule is C=C(OCC(O)CO)Oc1c(OC)cccc1C(=O)N=[N+]=[N-].C=COCC1CC(C)c2cc3c(cc2C1OC(OC1COC(C)(C)OC1C)C(O)N=O)OCO3. The maximum atomic E-state index is 11.7. The van der Waals surface area contributed by atoms with E-state index in [1.807, 2.05) is 32.9 Å². The number of rotatable bonds is 17. The lowest BCUT2D eigenvalue weighted by Crippen LogP contribution is -2.51. The summed E-state index contributed by atoms with van der Waals surface area (Å²) in [5.41, 5.74) is 10.2. The van der Waals surface area contributed by atoms with Crippen molar-refractivity contribution in [2.75, 3.05) is 40.3 Å². The standard InChI is InChI=1S/C24H33NO9.C13H15N3O6/c1-6-28-10-15-7-13(2)16-8-18-19(30-12-29-18)9-17(16)21(15)33-23(22(26)25-27)32-20-11-31-24(4,5)34-14(20)3;1-8(21-7-9(18)6-17)22-12-10(13(19)15-16-14)4-3-5-11(12)20-2/h6,8-9,13-15,20-23,26H,1,7,10-12H2,2-5H3;3-5,9,17-18H,1,6-7H2,2H3. The Morgan fingerprint density at radius 3 is 2.50 bits per heavy atom. The lowest BCUT2D eigenvalue weighted by molar-refractivity contribution is -0.338. The van der Waals surface area contributed by atoms with E-state index in [9.17, 15) is 19.9 Å². The highest BCUT2D eigenvalue weighted by Gasteiger charge is 2.42. The molecule has 2 heterocycles. The third kappa shape index (κ3) is 11.3. The van der Waals surface area contributed by atoms with Gasteiger partial charge in [-0.15, -0.1) is 4.91 Å². The number of carbonyl (C=O) groups excluding carboxylic acids is 1. The minimum Gasteiger partial charge on any atom is -0.501 e. The van der Waals surface area contributed by atoms with E-state index < -0.39 is 49.1 Å². The smallest absolute Gasteiger partial charge is 0.277 e. The predicted octanol–water partition coefficient (Wildman–Crippen LogP) is 5.09. The molecule has 0 saturated carbocycles. The van der Waals surface area contributed by atoms with Crippen LogP contribution in [0.3, 0.4) is 0 Å². The van der Waals surface area contributed by atoms with Gasteiger partial charge in [0, 0.05) is 10.8 Å². The van der Waals surface area contributed by atoms with Crippen LogP contribution in [0.25, 0.3) is 10.4 Å². The Kier molecular flexibility index (Phi) is 15.8. The van der Waals surface area contributed by atoms with Gasteiger partial charge in [0.2, 0.25) is 19.3 Å². The van der Waals surface area contributed by atoms with E-state index in [1.54, 1.807) is 0 Å². The van der Waals surface area contributed by atoms with E-state index in [1.165, 1.54) is 31.6 Å². The quantitative estimate of drug-likeness (QED) is 0.0472. The molecular formula is C37H48N4O15. The number of carbonyl (C=O) groups is 1. The van der Waals surface area contributed by atoms with E-state index in [4.69, 9.17) is 58.0 Å². The number of ether oxygens (including phenoxy) is 10. The van der Waals surface area contributed by atoms with Crippen molar-refractivity contribution in [1.82, 2.24) is 0 Å². The molecule has 8 atom stereocenters. The first-order valence-electron chi connectivity index (χ1n) is 17.6. The van der Waals surface area contributed by atoms with Crippen molar-refractivity contribution in [2.24, 2.45) is 16.2 Å². The number of hydrogen-bond donors (Lipinski definition) is 3. The van der Waals surface area contributed by atoms with Crippen LogP contribution >= 0.6 is 0 Å². The minimum absolute atomic E-state index is 0.0362. The van der Waals surface area contributed by atoms with Crippen molar-refractivity contribution in [1.29, 1.82) is 0 Å². The molecule has 2 aromatic rings. The molecule has 19 nitrogen and oxygen atoms in total. The van der Waals surface area contributed by atoms with Gasteiger partial charge in [-0.05, 0) is 90.9 Å².